The summed E-state index contributed by atoms with van der Waals surface area (Å²) >= 11 is 0. The summed E-state index contributed by atoms with van der Waals surface area (Å²) in [7, 11) is 0. The minimum absolute atomic E-state index is 0.494. The second kappa shape index (κ2) is 5.45. The number of rotatable bonds is 3. The van der Waals surface area contributed by atoms with E-state index in [1.165, 1.54) is 0 Å². The van der Waals surface area contributed by atoms with Crippen LogP contribution in [0.25, 0.3) is 0 Å². The summed E-state index contributed by atoms with van der Waals surface area (Å²) < 4.78 is 5.33. The Morgan fingerprint density at radius 3 is 2.62 bits per heavy atom. The maximum absolute atomic E-state index is 10.6. The number of hydrogen-bond acceptors (Lipinski definition) is 4. The van der Waals surface area contributed by atoms with Gasteiger partial charge in [0.05, 0.1) is 18.8 Å². The minimum atomic E-state index is -0.494. The molecule has 16 heavy (non-hydrogen) atoms. The molecule has 0 unspecified atom stereocenters. The summed E-state index contributed by atoms with van der Waals surface area (Å²) in [4.78, 5) is 4.69. The highest BCUT2D eigenvalue weighted by molar-refractivity contribution is 4.90. The van der Waals surface area contributed by atoms with E-state index in [9.17, 15) is 5.11 Å². The third kappa shape index (κ3) is 3.17. The normalized spacial score (nSPS) is 34.1. The largest absolute Gasteiger partial charge is 0.387 e. The summed E-state index contributed by atoms with van der Waals surface area (Å²) in [6, 6.07) is 0. The lowest BCUT2D eigenvalue weighted by Gasteiger charge is -2.42. The van der Waals surface area contributed by atoms with E-state index < -0.39 is 5.60 Å². The number of aliphatic hydroxyl groups is 1. The van der Waals surface area contributed by atoms with E-state index in [-0.39, 0.29) is 0 Å². The fourth-order valence-corrected chi connectivity index (χ4v) is 2.78. The van der Waals surface area contributed by atoms with Crippen LogP contribution in [0.4, 0.5) is 0 Å². The van der Waals surface area contributed by atoms with E-state index in [0.29, 0.717) is 0 Å². The van der Waals surface area contributed by atoms with Crippen LogP contribution in [0.2, 0.25) is 0 Å². The molecular formula is C12H24N2O2. The monoisotopic (exact) mass is 228 g/mol. The molecular weight excluding hydrogens is 204 g/mol. The number of likely N-dealkylation sites (N-methyl/N-ethyl adjacent to an activating group) is 1. The van der Waals surface area contributed by atoms with Gasteiger partial charge in [0.25, 0.3) is 0 Å². The molecule has 1 atom stereocenters. The van der Waals surface area contributed by atoms with E-state index in [4.69, 9.17) is 4.74 Å². The van der Waals surface area contributed by atoms with Crippen molar-refractivity contribution in [3.8, 4) is 0 Å². The first-order valence-corrected chi connectivity index (χ1v) is 6.47. The highest BCUT2D eigenvalue weighted by atomic mass is 16.5. The van der Waals surface area contributed by atoms with Crippen LogP contribution in [0.3, 0.4) is 0 Å². The van der Waals surface area contributed by atoms with Gasteiger partial charge in [0.15, 0.2) is 0 Å². The minimum Gasteiger partial charge on any atom is -0.387 e. The first-order valence-electron chi connectivity index (χ1n) is 6.47. The number of likely N-dealkylation sites (tertiary alicyclic amines) is 1. The van der Waals surface area contributed by atoms with E-state index in [2.05, 4.69) is 16.7 Å². The average Bonchev–Trinajstić information content (AvgIpc) is 2.29. The highest BCUT2D eigenvalue weighted by Gasteiger charge is 2.34. The number of ether oxygens (including phenoxy) is 1. The lowest BCUT2D eigenvalue weighted by Crippen LogP contribution is -2.55. The highest BCUT2D eigenvalue weighted by Crippen LogP contribution is 2.22. The van der Waals surface area contributed by atoms with Crippen molar-refractivity contribution in [1.82, 2.24) is 9.80 Å². The lowest BCUT2D eigenvalue weighted by molar-refractivity contribution is -0.0688. The van der Waals surface area contributed by atoms with Gasteiger partial charge in [-0.3, -0.25) is 4.90 Å². The molecule has 4 nitrogen and oxygen atoms in total. The molecule has 0 amide bonds. The Hall–Kier alpha value is -0.160. The zero-order valence-corrected chi connectivity index (χ0v) is 10.3. The van der Waals surface area contributed by atoms with Crippen LogP contribution >= 0.6 is 0 Å². The van der Waals surface area contributed by atoms with Crippen molar-refractivity contribution in [2.75, 3.05) is 52.5 Å². The molecule has 2 aliphatic heterocycles. The Morgan fingerprint density at radius 1 is 1.19 bits per heavy atom. The molecule has 2 rings (SSSR count). The van der Waals surface area contributed by atoms with Gasteiger partial charge >= 0.3 is 0 Å². The number of β-amino-alcohol motifs (C(OH)–C–C–N with tert-alkyl or cyclic N) is 1. The summed E-state index contributed by atoms with van der Waals surface area (Å²) in [6.45, 7) is 9.56. The molecule has 94 valence electrons. The van der Waals surface area contributed by atoms with Gasteiger partial charge in [-0.25, -0.2) is 0 Å². The maximum atomic E-state index is 10.6. The third-order valence-corrected chi connectivity index (χ3v) is 3.70. The molecule has 2 aliphatic rings. The van der Waals surface area contributed by atoms with Gasteiger partial charge in [-0.2, -0.15) is 0 Å². The van der Waals surface area contributed by atoms with Crippen molar-refractivity contribution in [3.63, 3.8) is 0 Å². The Labute approximate surface area is 98.2 Å². The van der Waals surface area contributed by atoms with Crippen molar-refractivity contribution in [3.05, 3.63) is 0 Å². The van der Waals surface area contributed by atoms with Crippen molar-refractivity contribution in [2.24, 2.45) is 0 Å². The van der Waals surface area contributed by atoms with E-state index in [1.54, 1.807) is 0 Å². The molecule has 0 aliphatic carbocycles. The first-order chi connectivity index (χ1) is 7.72. The lowest BCUT2D eigenvalue weighted by atomic mass is 9.92. The topological polar surface area (TPSA) is 35.9 Å². The Bertz CT molecular complexity index is 219. The van der Waals surface area contributed by atoms with Gasteiger partial charge in [0, 0.05) is 26.2 Å². The summed E-state index contributed by atoms with van der Waals surface area (Å²) in [5.41, 5.74) is -0.494. The van der Waals surface area contributed by atoms with E-state index in [1.807, 2.05) is 0 Å². The van der Waals surface area contributed by atoms with Crippen LogP contribution in [0.1, 0.15) is 19.8 Å². The standard InChI is InChI=1S/C12H24N2O2/c1-2-13-5-3-4-12(15,10-13)11-14-6-8-16-9-7-14/h15H,2-11H2,1H3/t12-/m1/s1. The van der Waals surface area contributed by atoms with Crippen LogP contribution in [0.5, 0.6) is 0 Å². The van der Waals surface area contributed by atoms with Gasteiger partial charge in [-0.1, -0.05) is 6.92 Å². The fourth-order valence-electron chi connectivity index (χ4n) is 2.78. The van der Waals surface area contributed by atoms with Gasteiger partial charge in [-0.15, -0.1) is 0 Å². The fraction of sp³-hybridized carbons (Fsp3) is 1.00. The van der Waals surface area contributed by atoms with Crippen LogP contribution in [-0.2, 0) is 4.74 Å². The Morgan fingerprint density at radius 2 is 1.94 bits per heavy atom. The summed E-state index contributed by atoms with van der Waals surface area (Å²) in [6.07, 6.45) is 2.07. The zero-order chi connectivity index (χ0) is 11.4. The average molecular weight is 228 g/mol. The zero-order valence-electron chi connectivity index (χ0n) is 10.3. The van der Waals surface area contributed by atoms with Gasteiger partial charge in [0.1, 0.15) is 0 Å². The third-order valence-electron chi connectivity index (χ3n) is 3.70. The molecule has 0 bridgehead atoms. The molecule has 0 saturated carbocycles. The predicted molar refractivity (Wildman–Crippen MR) is 63.6 cm³/mol. The molecule has 0 aromatic heterocycles. The molecule has 4 heteroatoms. The van der Waals surface area contributed by atoms with Crippen LogP contribution in [-0.4, -0.2) is 73.0 Å². The van der Waals surface area contributed by atoms with Crippen LogP contribution in [0.15, 0.2) is 0 Å². The quantitative estimate of drug-likeness (QED) is 0.747. The van der Waals surface area contributed by atoms with Crippen molar-refractivity contribution in [1.29, 1.82) is 0 Å². The van der Waals surface area contributed by atoms with Crippen molar-refractivity contribution in [2.45, 2.75) is 25.4 Å². The Balaban J connectivity index is 1.85. The first kappa shape index (κ1) is 12.3. The molecule has 2 heterocycles. The summed E-state index contributed by atoms with van der Waals surface area (Å²) in [5, 5.41) is 10.6. The smallest absolute Gasteiger partial charge is 0.0900 e. The number of morpholine rings is 1. The number of piperidine rings is 1. The number of nitrogens with zero attached hydrogens (tertiary/aromatic N) is 2. The van der Waals surface area contributed by atoms with Crippen LogP contribution in [0, 0.1) is 0 Å². The van der Waals surface area contributed by atoms with E-state index >= 15 is 0 Å². The molecule has 1 N–H and O–H groups in total. The molecule has 0 radical (unpaired) electrons. The van der Waals surface area contributed by atoms with Gasteiger partial charge < -0.3 is 14.7 Å². The second-order valence-corrected chi connectivity index (χ2v) is 5.09. The molecule has 2 saturated heterocycles. The van der Waals surface area contributed by atoms with Gasteiger partial charge in [0.2, 0.25) is 0 Å². The number of hydrogen-bond donors (Lipinski definition) is 1. The molecule has 0 aromatic rings. The van der Waals surface area contributed by atoms with Crippen molar-refractivity contribution < 1.29 is 9.84 Å². The van der Waals surface area contributed by atoms with Crippen LogP contribution < -0.4 is 0 Å². The van der Waals surface area contributed by atoms with Gasteiger partial charge in [-0.05, 0) is 25.9 Å². The predicted octanol–water partition coefficient (Wildman–Crippen LogP) is 0.165. The maximum Gasteiger partial charge on any atom is 0.0900 e. The Kier molecular flexibility index (Phi) is 4.19. The van der Waals surface area contributed by atoms with E-state index in [0.717, 1.165) is 65.3 Å². The summed E-state index contributed by atoms with van der Waals surface area (Å²) in [5.74, 6) is 0. The molecule has 2 fully saturated rings. The second-order valence-electron chi connectivity index (χ2n) is 5.09. The molecule has 0 aromatic carbocycles. The molecule has 0 spiro atoms. The van der Waals surface area contributed by atoms with Crippen molar-refractivity contribution >= 4 is 0 Å². The SMILES string of the molecule is CCN1CCC[C@](O)(CN2CCOCC2)C1.